The number of rotatable bonds is 17. The van der Waals surface area contributed by atoms with E-state index in [1.165, 1.54) is 39.7 Å². The maximum Gasteiger partial charge on any atom is 0.414 e. The van der Waals surface area contributed by atoms with E-state index >= 15 is 0 Å². The van der Waals surface area contributed by atoms with Crippen molar-refractivity contribution in [2.75, 3.05) is 25.9 Å². The summed E-state index contributed by atoms with van der Waals surface area (Å²) in [6.07, 6.45) is -1.13. The van der Waals surface area contributed by atoms with Gasteiger partial charge in [0.05, 0.1) is 44.6 Å². The summed E-state index contributed by atoms with van der Waals surface area (Å²) in [4.78, 5) is 47.6. The maximum absolute atomic E-state index is 14.7. The van der Waals surface area contributed by atoms with Crippen LogP contribution in [-0.4, -0.2) is 99.5 Å². The number of nitrogens with one attached hydrogen (secondary N) is 2. The molecule has 4 rings (SSSR count). The second-order valence-corrected chi connectivity index (χ2v) is 21.4. The first-order valence-corrected chi connectivity index (χ1v) is 23.0. The molecule has 0 bridgehead atoms. The van der Waals surface area contributed by atoms with E-state index in [9.17, 15) is 36.5 Å². The van der Waals surface area contributed by atoms with Gasteiger partial charge in [0.1, 0.15) is 17.5 Å². The molecule has 17 heteroatoms. The van der Waals surface area contributed by atoms with Crippen LogP contribution in [0, 0.1) is 17.2 Å². The molecule has 1 heterocycles. The van der Waals surface area contributed by atoms with Gasteiger partial charge in [-0.05, 0) is 80.0 Å². The molecule has 322 valence electrons. The van der Waals surface area contributed by atoms with Gasteiger partial charge in [-0.2, -0.15) is 4.31 Å². The van der Waals surface area contributed by atoms with Crippen molar-refractivity contribution in [1.82, 2.24) is 24.8 Å². The molecule has 0 radical (unpaired) electrons. The number of aliphatic hydroxyl groups excluding tert-OH is 1. The summed E-state index contributed by atoms with van der Waals surface area (Å²) in [6, 6.07) is 16.6. The van der Waals surface area contributed by atoms with Gasteiger partial charge in [0.2, 0.25) is 15.9 Å². The van der Waals surface area contributed by atoms with Crippen LogP contribution in [0.2, 0.25) is 0 Å². The average molecular weight is 874 g/mol. The van der Waals surface area contributed by atoms with E-state index in [0.29, 0.717) is 25.7 Å². The molecular formula is C42H56FN5O8S3. The van der Waals surface area contributed by atoms with E-state index in [1.54, 1.807) is 90.1 Å². The van der Waals surface area contributed by atoms with Gasteiger partial charge in [-0.25, -0.2) is 22.6 Å². The zero-order chi connectivity index (χ0) is 43.9. The van der Waals surface area contributed by atoms with Gasteiger partial charge in [0.25, 0.3) is 5.91 Å². The highest BCUT2D eigenvalue weighted by Gasteiger charge is 2.46. The highest BCUT2D eigenvalue weighted by atomic mass is 32.2. The Balaban J connectivity index is 1.82. The monoisotopic (exact) mass is 873 g/mol. The van der Waals surface area contributed by atoms with Crippen LogP contribution in [-0.2, 0) is 48.1 Å². The largest absolute Gasteiger partial charge is 0.444 e. The number of hydrogen-bond acceptors (Lipinski definition) is 11. The Morgan fingerprint density at radius 2 is 1.61 bits per heavy atom. The van der Waals surface area contributed by atoms with Crippen molar-refractivity contribution in [2.24, 2.45) is 11.3 Å². The lowest BCUT2D eigenvalue weighted by Crippen LogP contribution is -2.64. The third kappa shape index (κ3) is 13.4. The van der Waals surface area contributed by atoms with Crippen molar-refractivity contribution in [2.45, 2.75) is 101 Å². The minimum atomic E-state index is -4.30. The molecule has 0 fully saturated rings. The Kier molecular flexibility index (Phi) is 16.1. The summed E-state index contributed by atoms with van der Waals surface area (Å²) < 4.78 is 62.6. The number of carbonyl (C=O) groups excluding carboxylic acids is 3. The number of benzene rings is 3. The molecule has 0 aliphatic rings. The summed E-state index contributed by atoms with van der Waals surface area (Å²) in [5, 5.41) is 17.8. The molecule has 0 spiro atoms. The van der Waals surface area contributed by atoms with E-state index in [1.807, 2.05) is 13.8 Å². The number of alkyl carbamates (subject to hydrolysis) is 1. The topological polar surface area (TPSA) is 175 Å². The van der Waals surface area contributed by atoms with Gasteiger partial charge >= 0.3 is 6.09 Å². The van der Waals surface area contributed by atoms with Crippen LogP contribution in [0.3, 0.4) is 0 Å². The van der Waals surface area contributed by atoms with Gasteiger partial charge in [0.15, 0.2) is 4.34 Å². The van der Waals surface area contributed by atoms with Crippen molar-refractivity contribution >= 4 is 60.3 Å². The second kappa shape index (κ2) is 20.0. The highest BCUT2D eigenvalue weighted by Crippen LogP contribution is 2.32. The molecule has 1 aromatic heterocycles. The van der Waals surface area contributed by atoms with Crippen LogP contribution >= 0.6 is 11.3 Å². The standard InChI is InChI=1S/C42H56FN5O8S3/c1-27(2)25-47(59(54,55)31-18-19-32-35(22-31)57-40(45-32)58(9)53)26-34(49)33(21-28-14-11-10-12-15-28)48(36(50)24-44-23-29-16-13-17-30(43)20-29)37(41(3,4)5)38(51)46-39(52)56-42(6,7)8/h10-20,22,27,33-34,37,44,49H,21,23-26H2,1-9H3,(H,46,51,52)/t33-,34+,37+,58?/m0/s1. The Morgan fingerprint density at radius 1 is 0.949 bits per heavy atom. The number of amides is 3. The van der Waals surface area contributed by atoms with E-state index in [0.717, 1.165) is 11.3 Å². The van der Waals surface area contributed by atoms with Crippen molar-refractivity contribution in [1.29, 1.82) is 0 Å². The molecule has 0 aliphatic carbocycles. The molecule has 4 atom stereocenters. The molecule has 0 saturated carbocycles. The SMILES string of the molecule is CC(C)CN(C[C@@H](O)[C@H](Cc1ccccc1)N(C(=O)CNCc1cccc(F)c1)[C@H](C(=O)NC(=O)OC(C)(C)C)C(C)(C)C)S(=O)(=O)c1ccc2nc(S(C)=O)sc2c1. The Hall–Kier alpha value is -4.13. The predicted octanol–water partition coefficient (Wildman–Crippen LogP) is 5.88. The van der Waals surface area contributed by atoms with Crippen molar-refractivity contribution in [3.63, 3.8) is 0 Å². The van der Waals surface area contributed by atoms with Crippen molar-refractivity contribution < 1.29 is 41.2 Å². The molecule has 0 aliphatic heterocycles. The van der Waals surface area contributed by atoms with Gasteiger partial charge in [0, 0.05) is 25.9 Å². The number of ether oxygens (including phenoxy) is 1. The highest BCUT2D eigenvalue weighted by molar-refractivity contribution is 7.89. The van der Waals surface area contributed by atoms with Crippen LogP contribution < -0.4 is 10.6 Å². The number of hydrogen-bond donors (Lipinski definition) is 3. The lowest BCUT2D eigenvalue weighted by atomic mass is 9.82. The maximum atomic E-state index is 14.7. The molecule has 13 nitrogen and oxygen atoms in total. The average Bonchev–Trinajstić information content (AvgIpc) is 3.56. The minimum Gasteiger partial charge on any atom is -0.444 e. The molecular weight excluding hydrogens is 818 g/mol. The third-order valence-electron chi connectivity index (χ3n) is 9.03. The number of carbonyl (C=O) groups is 3. The summed E-state index contributed by atoms with van der Waals surface area (Å²) in [7, 11) is -5.67. The van der Waals surface area contributed by atoms with Crippen molar-refractivity contribution in [3.8, 4) is 0 Å². The number of imide groups is 1. The minimum absolute atomic E-state index is 0.00658. The zero-order valence-corrected chi connectivity index (χ0v) is 37.5. The summed E-state index contributed by atoms with van der Waals surface area (Å²) in [6.45, 7) is 13.0. The molecule has 3 N–H and O–H groups in total. The second-order valence-electron chi connectivity index (χ2n) is 16.9. The predicted molar refractivity (Wildman–Crippen MR) is 228 cm³/mol. The van der Waals surface area contributed by atoms with Crippen molar-refractivity contribution in [3.05, 3.63) is 89.7 Å². The number of halogens is 1. The Labute approximate surface area is 353 Å². The van der Waals surface area contributed by atoms with Crippen LogP contribution in [0.4, 0.5) is 9.18 Å². The number of aromatic nitrogens is 1. The normalized spacial score (nSPS) is 14.5. The van der Waals surface area contributed by atoms with E-state index in [2.05, 4.69) is 15.6 Å². The quantitative estimate of drug-likeness (QED) is 0.116. The van der Waals surface area contributed by atoms with Crippen LogP contribution in [0.5, 0.6) is 0 Å². The van der Waals surface area contributed by atoms with Gasteiger partial charge < -0.3 is 20.1 Å². The van der Waals surface area contributed by atoms with Gasteiger partial charge in [-0.1, -0.05) is 77.1 Å². The molecule has 59 heavy (non-hydrogen) atoms. The third-order valence-corrected chi connectivity index (χ3v) is 13.2. The first kappa shape index (κ1) is 47.5. The van der Waals surface area contributed by atoms with Gasteiger partial charge in [-0.3, -0.25) is 19.1 Å². The molecule has 1 unspecified atom stereocenters. The fourth-order valence-corrected chi connectivity index (χ4v) is 10.0. The fourth-order valence-electron chi connectivity index (χ4n) is 6.58. The number of sulfonamides is 1. The molecule has 4 aromatic rings. The smallest absolute Gasteiger partial charge is 0.414 e. The van der Waals surface area contributed by atoms with E-state index in [-0.39, 0.29) is 36.9 Å². The summed E-state index contributed by atoms with van der Waals surface area (Å²) >= 11 is 1.13. The van der Waals surface area contributed by atoms with Gasteiger partial charge in [-0.15, -0.1) is 11.3 Å². The van der Waals surface area contributed by atoms with Crippen LogP contribution in [0.15, 0.2) is 82.0 Å². The Morgan fingerprint density at radius 3 is 2.20 bits per heavy atom. The first-order valence-electron chi connectivity index (χ1n) is 19.2. The summed E-state index contributed by atoms with van der Waals surface area (Å²) in [5.41, 5.74) is -0.272. The van der Waals surface area contributed by atoms with Crippen LogP contribution in [0.1, 0.15) is 66.5 Å². The zero-order valence-electron chi connectivity index (χ0n) is 35.0. The number of aliphatic hydroxyl groups is 1. The molecule has 0 saturated heterocycles. The first-order chi connectivity index (χ1) is 27.5. The number of fused-ring (bicyclic) bond motifs is 1. The molecule has 3 aromatic carbocycles. The summed E-state index contributed by atoms with van der Waals surface area (Å²) in [5.74, 6) is -2.16. The van der Waals surface area contributed by atoms with Crippen LogP contribution in [0.25, 0.3) is 10.2 Å². The van der Waals surface area contributed by atoms with E-state index < -0.39 is 80.3 Å². The lowest BCUT2D eigenvalue weighted by molar-refractivity contribution is -0.150. The fraction of sp³-hybridized carbons (Fsp3) is 0.476. The van der Waals surface area contributed by atoms with E-state index in [4.69, 9.17) is 4.74 Å². The Bertz CT molecular complexity index is 2220. The lowest BCUT2D eigenvalue weighted by Gasteiger charge is -2.45. The molecule has 3 amide bonds. The number of nitrogens with zero attached hydrogens (tertiary/aromatic N) is 3. The number of thiazole rings is 1.